The highest BCUT2D eigenvalue weighted by Gasteiger charge is 2.28. The highest BCUT2D eigenvalue weighted by molar-refractivity contribution is 5.94. The molecule has 0 N–H and O–H groups in total. The molecule has 0 atom stereocenters. The van der Waals surface area contributed by atoms with E-state index in [-0.39, 0.29) is 13.2 Å². The first-order valence-electron chi connectivity index (χ1n) is 5.22. The number of rotatable bonds is 8. The van der Waals surface area contributed by atoms with Gasteiger partial charge in [-0.05, 0) is 6.42 Å². The lowest BCUT2D eigenvalue weighted by molar-refractivity contribution is -0.161. The van der Waals surface area contributed by atoms with Gasteiger partial charge in [0.25, 0.3) is 0 Å². The van der Waals surface area contributed by atoms with Gasteiger partial charge in [-0.3, -0.25) is 9.59 Å². The average molecular weight is 226 g/mol. The molecule has 4 nitrogen and oxygen atoms in total. The molecule has 0 amide bonds. The molecule has 0 aliphatic rings. The van der Waals surface area contributed by atoms with Crippen molar-refractivity contribution in [2.45, 2.75) is 19.8 Å². The number of esters is 2. The zero-order chi connectivity index (χ0) is 12.4. The molecule has 0 aromatic heterocycles. The van der Waals surface area contributed by atoms with Gasteiger partial charge < -0.3 is 9.47 Å². The zero-order valence-electron chi connectivity index (χ0n) is 9.61. The highest BCUT2D eigenvalue weighted by Crippen LogP contribution is 2.11. The van der Waals surface area contributed by atoms with Crippen molar-refractivity contribution in [2.24, 2.45) is 5.92 Å². The molecule has 0 bridgehead atoms. The van der Waals surface area contributed by atoms with Gasteiger partial charge in [-0.1, -0.05) is 38.7 Å². The Kier molecular flexibility index (Phi) is 7.85. The molecule has 16 heavy (non-hydrogen) atoms. The quantitative estimate of drug-likeness (QED) is 0.360. The molecule has 0 saturated heterocycles. The maximum Gasteiger partial charge on any atom is 0.320 e. The van der Waals surface area contributed by atoms with E-state index in [9.17, 15) is 9.59 Å². The van der Waals surface area contributed by atoms with Crippen LogP contribution in [0.5, 0.6) is 0 Å². The summed E-state index contributed by atoms with van der Waals surface area (Å²) in [7, 11) is 0. The minimum atomic E-state index is -0.843. The van der Waals surface area contributed by atoms with Crippen molar-refractivity contribution in [1.29, 1.82) is 0 Å². The van der Waals surface area contributed by atoms with E-state index >= 15 is 0 Å². The lowest BCUT2D eigenvalue weighted by Gasteiger charge is -2.13. The Balaban J connectivity index is 4.32. The van der Waals surface area contributed by atoms with Gasteiger partial charge in [0.15, 0.2) is 5.92 Å². The van der Waals surface area contributed by atoms with Gasteiger partial charge in [0, 0.05) is 0 Å². The summed E-state index contributed by atoms with van der Waals surface area (Å²) in [5.74, 6) is -1.96. The molecule has 0 spiro atoms. The molecule has 0 saturated carbocycles. The summed E-state index contributed by atoms with van der Waals surface area (Å²) in [5, 5.41) is 0. The summed E-state index contributed by atoms with van der Waals surface area (Å²) in [4.78, 5) is 23.0. The largest absolute Gasteiger partial charge is 0.461 e. The van der Waals surface area contributed by atoms with Crippen LogP contribution in [0.3, 0.4) is 0 Å². The van der Waals surface area contributed by atoms with Crippen molar-refractivity contribution in [1.82, 2.24) is 0 Å². The molecule has 0 fully saturated rings. The molecule has 90 valence electrons. The standard InChI is InChI=1S/C12H18O4/c1-4-7-10(11(13)15-8-5-2)12(14)16-9-6-3/h5-6,10H,2-4,7-9H2,1H3. The third-order valence-electron chi connectivity index (χ3n) is 1.83. The van der Waals surface area contributed by atoms with E-state index in [1.54, 1.807) is 0 Å². The van der Waals surface area contributed by atoms with Gasteiger partial charge in [0.05, 0.1) is 0 Å². The van der Waals surface area contributed by atoms with E-state index in [0.29, 0.717) is 12.8 Å². The predicted octanol–water partition coefficient (Wildman–Crippen LogP) is 1.86. The molecule has 0 aliphatic heterocycles. The van der Waals surface area contributed by atoms with Gasteiger partial charge in [0.2, 0.25) is 0 Å². The maximum atomic E-state index is 11.5. The van der Waals surface area contributed by atoms with Gasteiger partial charge in [-0.25, -0.2) is 0 Å². The average Bonchev–Trinajstić information content (AvgIpc) is 2.29. The lowest BCUT2D eigenvalue weighted by Crippen LogP contribution is -2.28. The summed E-state index contributed by atoms with van der Waals surface area (Å²) in [6.07, 6.45) is 4.04. The van der Waals surface area contributed by atoms with E-state index < -0.39 is 17.9 Å². The Bertz CT molecular complexity index is 234. The van der Waals surface area contributed by atoms with Gasteiger partial charge >= 0.3 is 11.9 Å². The maximum absolute atomic E-state index is 11.5. The van der Waals surface area contributed by atoms with Crippen LogP contribution in [0, 0.1) is 5.92 Å². The molecular formula is C12H18O4. The van der Waals surface area contributed by atoms with Crippen LogP contribution < -0.4 is 0 Å². The van der Waals surface area contributed by atoms with Crippen LogP contribution in [0.1, 0.15) is 19.8 Å². The fourth-order valence-corrected chi connectivity index (χ4v) is 1.10. The van der Waals surface area contributed by atoms with E-state index in [0.717, 1.165) is 0 Å². The second kappa shape index (κ2) is 8.71. The third kappa shape index (κ3) is 5.34. The molecule has 0 unspecified atom stereocenters. The summed E-state index contributed by atoms with van der Waals surface area (Å²) >= 11 is 0. The van der Waals surface area contributed by atoms with Crippen molar-refractivity contribution < 1.29 is 19.1 Å². The van der Waals surface area contributed by atoms with E-state index in [2.05, 4.69) is 13.2 Å². The molecule has 4 heteroatoms. The van der Waals surface area contributed by atoms with E-state index in [4.69, 9.17) is 9.47 Å². The minimum absolute atomic E-state index is 0.105. The smallest absolute Gasteiger partial charge is 0.320 e. The third-order valence-corrected chi connectivity index (χ3v) is 1.83. The molecule has 0 aromatic carbocycles. The number of hydrogen-bond acceptors (Lipinski definition) is 4. The van der Waals surface area contributed by atoms with Gasteiger partial charge in [-0.15, -0.1) is 0 Å². The van der Waals surface area contributed by atoms with Crippen LogP contribution >= 0.6 is 0 Å². The van der Waals surface area contributed by atoms with Crippen molar-refractivity contribution in [2.75, 3.05) is 13.2 Å². The number of ether oxygens (including phenoxy) is 2. The highest BCUT2D eigenvalue weighted by atomic mass is 16.6. The van der Waals surface area contributed by atoms with Crippen molar-refractivity contribution in [3.63, 3.8) is 0 Å². The molecule has 0 rings (SSSR count). The topological polar surface area (TPSA) is 52.6 Å². The predicted molar refractivity (Wildman–Crippen MR) is 60.7 cm³/mol. The minimum Gasteiger partial charge on any atom is -0.461 e. The lowest BCUT2D eigenvalue weighted by atomic mass is 10.0. The van der Waals surface area contributed by atoms with Crippen molar-refractivity contribution in [3.8, 4) is 0 Å². The normalized spacial score (nSPS) is 9.62. The first-order valence-corrected chi connectivity index (χ1v) is 5.22. The first-order chi connectivity index (χ1) is 7.67. The van der Waals surface area contributed by atoms with Crippen LogP contribution in [0.15, 0.2) is 25.3 Å². The summed E-state index contributed by atoms with van der Waals surface area (Å²) in [6, 6.07) is 0. The van der Waals surface area contributed by atoms with Crippen LogP contribution in [-0.2, 0) is 19.1 Å². The zero-order valence-corrected chi connectivity index (χ0v) is 9.61. The number of carbonyl (C=O) groups is 2. The Morgan fingerprint density at radius 3 is 1.88 bits per heavy atom. The molecule has 0 radical (unpaired) electrons. The van der Waals surface area contributed by atoms with Crippen LogP contribution in [0.2, 0.25) is 0 Å². The molecule has 0 aliphatic carbocycles. The van der Waals surface area contributed by atoms with Crippen LogP contribution in [0.4, 0.5) is 0 Å². The molecule has 0 heterocycles. The summed E-state index contributed by atoms with van der Waals surface area (Å²) in [5.41, 5.74) is 0. The molecular weight excluding hydrogens is 208 g/mol. The number of hydrogen-bond donors (Lipinski definition) is 0. The van der Waals surface area contributed by atoms with E-state index in [1.165, 1.54) is 12.2 Å². The second-order valence-corrected chi connectivity index (χ2v) is 3.18. The first kappa shape index (κ1) is 14.4. The van der Waals surface area contributed by atoms with Crippen molar-refractivity contribution in [3.05, 3.63) is 25.3 Å². The molecule has 0 aromatic rings. The Morgan fingerprint density at radius 2 is 1.56 bits per heavy atom. The summed E-state index contributed by atoms with van der Waals surface area (Å²) < 4.78 is 9.65. The number of carbonyl (C=O) groups excluding carboxylic acids is 2. The van der Waals surface area contributed by atoms with E-state index in [1.807, 2.05) is 6.92 Å². The van der Waals surface area contributed by atoms with Crippen LogP contribution in [-0.4, -0.2) is 25.2 Å². The Morgan fingerprint density at radius 1 is 1.12 bits per heavy atom. The van der Waals surface area contributed by atoms with Crippen molar-refractivity contribution >= 4 is 11.9 Å². The Hall–Kier alpha value is -1.58. The second-order valence-electron chi connectivity index (χ2n) is 3.18. The summed E-state index contributed by atoms with van der Waals surface area (Å²) in [6.45, 7) is 8.94. The SMILES string of the molecule is C=CCOC(=O)C(CCC)C(=O)OCC=C. The van der Waals surface area contributed by atoms with Crippen LogP contribution in [0.25, 0.3) is 0 Å². The van der Waals surface area contributed by atoms with Gasteiger partial charge in [0.1, 0.15) is 13.2 Å². The van der Waals surface area contributed by atoms with Gasteiger partial charge in [-0.2, -0.15) is 0 Å². The Labute approximate surface area is 95.9 Å². The monoisotopic (exact) mass is 226 g/mol. The fourth-order valence-electron chi connectivity index (χ4n) is 1.10. The fraction of sp³-hybridized carbons (Fsp3) is 0.500.